The molecule has 5 heteroatoms. The van der Waals surface area contributed by atoms with Crippen molar-refractivity contribution in [1.82, 2.24) is 4.90 Å². The summed E-state index contributed by atoms with van der Waals surface area (Å²) in [6.45, 7) is 3.79. The van der Waals surface area contributed by atoms with Gasteiger partial charge in [0.1, 0.15) is 12.4 Å². The Hall–Kier alpha value is -2.63. The number of rotatable bonds is 3. The number of nitrogens with zero attached hydrogens (tertiary/aromatic N) is 1. The van der Waals surface area contributed by atoms with E-state index in [1.165, 1.54) is 5.56 Å². The summed E-state index contributed by atoms with van der Waals surface area (Å²) in [5, 5.41) is 12.2. The third kappa shape index (κ3) is 3.01. The van der Waals surface area contributed by atoms with E-state index in [0.717, 1.165) is 54.9 Å². The molecule has 2 aromatic carbocycles. The normalized spacial score (nSPS) is 22.0. The number of anilines is 1. The summed E-state index contributed by atoms with van der Waals surface area (Å²) in [6, 6.07) is 14.2. The lowest BCUT2D eigenvalue weighted by molar-refractivity contribution is -0.110. The first-order valence-corrected chi connectivity index (χ1v) is 9.96. The smallest absolute Gasteiger partial charge is 0.260 e. The molecule has 5 rings (SSSR count). The van der Waals surface area contributed by atoms with Crippen molar-refractivity contribution in [2.75, 3.05) is 25.0 Å². The highest BCUT2D eigenvalue weighted by atomic mass is 16.5. The van der Waals surface area contributed by atoms with E-state index in [9.17, 15) is 9.90 Å². The van der Waals surface area contributed by atoms with Crippen molar-refractivity contribution < 1.29 is 14.6 Å². The van der Waals surface area contributed by atoms with E-state index in [1.54, 1.807) is 0 Å². The number of fused-ring (bicyclic) bond motifs is 2. The van der Waals surface area contributed by atoms with Crippen LogP contribution in [0.15, 0.2) is 42.5 Å². The average molecular weight is 376 g/mol. The van der Waals surface area contributed by atoms with E-state index >= 15 is 0 Å². The molecule has 0 saturated carbocycles. The van der Waals surface area contributed by atoms with Crippen molar-refractivity contribution in [2.24, 2.45) is 5.92 Å². The molecule has 28 heavy (non-hydrogen) atoms. The Morgan fingerprint density at radius 1 is 1.11 bits per heavy atom. The molecule has 1 saturated heterocycles. The molecule has 2 aromatic rings. The first-order valence-electron chi connectivity index (χ1n) is 9.96. The van der Waals surface area contributed by atoms with E-state index < -0.39 is 0 Å². The molecule has 144 valence electrons. The molecule has 0 radical (unpaired) electrons. The van der Waals surface area contributed by atoms with Crippen LogP contribution in [0.4, 0.5) is 5.69 Å². The van der Waals surface area contributed by atoms with Gasteiger partial charge in [-0.3, -0.25) is 9.69 Å². The Labute approximate surface area is 164 Å². The standard InChI is InChI=1S/C23H24N2O3/c26-13-15-7-9-25(10-8-15)12-16-5-6-18-17(11-16)14-28-22(18)21-19-3-1-2-4-20(19)24-23(21)27/h1-6,11,15,26H,7-10,12-14H2,(H,24,27)/b22-21+. The van der Waals surface area contributed by atoms with Gasteiger partial charge < -0.3 is 15.2 Å². The van der Waals surface area contributed by atoms with Crippen LogP contribution in [0.2, 0.25) is 0 Å². The molecule has 1 fully saturated rings. The highest BCUT2D eigenvalue weighted by molar-refractivity contribution is 6.36. The molecule has 0 spiro atoms. The van der Waals surface area contributed by atoms with E-state index in [0.29, 0.717) is 30.5 Å². The Morgan fingerprint density at radius 2 is 1.93 bits per heavy atom. The summed E-state index contributed by atoms with van der Waals surface area (Å²) >= 11 is 0. The highest BCUT2D eigenvalue weighted by Gasteiger charge is 2.32. The lowest BCUT2D eigenvalue weighted by Gasteiger charge is -2.31. The zero-order valence-electron chi connectivity index (χ0n) is 15.8. The van der Waals surface area contributed by atoms with Gasteiger partial charge in [-0.2, -0.15) is 0 Å². The van der Waals surface area contributed by atoms with Gasteiger partial charge in [0, 0.05) is 35.5 Å². The lowest BCUT2D eigenvalue weighted by Crippen LogP contribution is -2.34. The minimum Gasteiger partial charge on any atom is -0.487 e. The summed E-state index contributed by atoms with van der Waals surface area (Å²) < 4.78 is 5.99. The molecular formula is C23H24N2O3. The molecule has 0 aromatic heterocycles. The van der Waals surface area contributed by atoms with Gasteiger partial charge in [0.15, 0.2) is 0 Å². The summed E-state index contributed by atoms with van der Waals surface area (Å²) in [5.74, 6) is 1.05. The first kappa shape index (κ1) is 17.5. The summed E-state index contributed by atoms with van der Waals surface area (Å²) in [4.78, 5) is 15.0. The number of likely N-dealkylation sites (tertiary alicyclic amines) is 1. The minimum absolute atomic E-state index is 0.0973. The van der Waals surface area contributed by atoms with Gasteiger partial charge in [0.25, 0.3) is 5.91 Å². The molecule has 0 aliphatic carbocycles. The topological polar surface area (TPSA) is 61.8 Å². The second kappa shape index (κ2) is 7.08. The Bertz CT molecular complexity index is 958. The molecule has 3 aliphatic heterocycles. The number of amides is 1. The second-order valence-electron chi connectivity index (χ2n) is 7.89. The summed E-state index contributed by atoms with van der Waals surface area (Å²) in [5.41, 5.74) is 5.81. The third-order valence-corrected chi connectivity index (χ3v) is 6.06. The molecular weight excluding hydrogens is 352 g/mol. The number of carbonyl (C=O) groups is 1. The lowest BCUT2D eigenvalue weighted by atomic mass is 9.96. The molecule has 5 nitrogen and oxygen atoms in total. The number of hydrogen-bond acceptors (Lipinski definition) is 4. The maximum Gasteiger partial charge on any atom is 0.260 e. The number of ether oxygens (including phenoxy) is 1. The highest BCUT2D eigenvalue weighted by Crippen LogP contribution is 2.41. The van der Waals surface area contributed by atoms with Crippen molar-refractivity contribution >= 4 is 22.9 Å². The van der Waals surface area contributed by atoms with Gasteiger partial charge in [-0.15, -0.1) is 0 Å². The minimum atomic E-state index is -0.0973. The van der Waals surface area contributed by atoms with Crippen LogP contribution in [0.25, 0.3) is 11.3 Å². The number of aliphatic hydroxyl groups excluding tert-OH is 1. The van der Waals surface area contributed by atoms with Gasteiger partial charge >= 0.3 is 0 Å². The number of nitrogens with one attached hydrogen (secondary N) is 1. The van der Waals surface area contributed by atoms with Crippen LogP contribution >= 0.6 is 0 Å². The predicted octanol–water partition coefficient (Wildman–Crippen LogP) is 3.24. The van der Waals surface area contributed by atoms with Gasteiger partial charge in [-0.05, 0) is 43.5 Å². The molecule has 0 atom stereocenters. The average Bonchev–Trinajstić information content (AvgIpc) is 3.27. The number of benzene rings is 2. The van der Waals surface area contributed by atoms with Gasteiger partial charge in [0.2, 0.25) is 0 Å². The van der Waals surface area contributed by atoms with E-state index in [4.69, 9.17) is 4.74 Å². The van der Waals surface area contributed by atoms with Crippen molar-refractivity contribution in [1.29, 1.82) is 0 Å². The van der Waals surface area contributed by atoms with Crippen LogP contribution in [0, 0.1) is 5.92 Å². The fraction of sp³-hybridized carbons (Fsp3) is 0.348. The summed E-state index contributed by atoms with van der Waals surface area (Å²) in [7, 11) is 0. The quantitative estimate of drug-likeness (QED) is 0.808. The molecule has 1 amide bonds. The van der Waals surface area contributed by atoms with Crippen molar-refractivity contribution in [2.45, 2.75) is 26.0 Å². The number of hydrogen-bond donors (Lipinski definition) is 2. The molecule has 3 heterocycles. The Balaban J connectivity index is 1.40. The zero-order valence-corrected chi connectivity index (χ0v) is 15.8. The maximum absolute atomic E-state index is 12.5. The molecule has 0 unspecified atom stereocenters. The number of piperidine rings is 1. The van der Waals surface area contributed by atoms with Gasteiger partial charge in [0.05, 0.1) is 5.57 Å². The van der Waals surface area contributed by atoms with E-state index in [-0.39, 0.29) is 5.91 Å². The number of para-hydroxylation sites is 1. The third-order valence-electron chi connectivity index (χ3n) is 6.06. The first-order chi connectivity index (χ1) is 13.7. The SMILES string of the molecule is O=C1Nc2ccccc2/C1=C1\OCc2cc(CN3CCC(CO)CC3)ccc21. The number of carbonyl (C=O) groups excluding carboxylic acids is 1. The Morgan fingerprint density at radius 3 is 2.75 bits per heavy atom. The monoisotopic (exact) mass is 376 g/mol. The largest absolute Gasteiger partial charge is 0.487 e. The second-order valence-corrected chi connectivity index (χ2v) is 7.89. The molecule has 3 aliphatic rings. The molecule has 0 bridgehead atoms. The van der Waals surface area contributed by atoms with Crippen molar-refractivity contribution in [3.8, 4) is 0 Å². The van der Waals surface area contributed by atoms with E-state index in [2.05, 4.69) is 28.4 Å². The van der Waals surface area contributed by atoms with Crippen LogP contribution in [-0.4, -0.2) is 35.6 Å². The van der Waals surface area contributed by atoms with Gasteiger partial charge in [-0.25, -0.2) is 0 Å². The fourth-order valence-corrected chi connectivity index (χ4v) is 4.45. The van der Waals surface area contributed by atoms with Crippen molar-refractivity contribution in [3.05, 3.63) is 64.7 Å². The fourth-order valence-electron chi connectivity index (χ4n) is 4.45. The van der Waals surface area contributed by atoms with Crippen LogP contribution < -0.4 is 5.32 Å². The van der Waals surface area contributed by atoms with Gasteiger partial charge in [-0.1, -0.05) is 36.4 Å². The zero-order chi connectivity index (χ0) is 19.1. The van der Waals surface area contributed by atoms with Crippen LogP contribution in [0.1, 0.15) is 35.1 Å². The number of aliphatic hydroxyl groups is 1. The Kier molecular flexibility index (Phi) is 4.41. The van der Waals surface area contributed by atoms with Crippen LogP contribution in [0.5, 0.6) is 0 Å². The predicted molar refractivity (Wildman–Crippen MR) is 108 cm³/mol. The maximum atomic E-state index is 12.5. The van der Waals surface area contributed by atoms with Crippen LogP contribution in [-0.2, 0) is 22.7 Å². The molecule has 2 N–H and O–H groups in total. The van der Waals surface area contributed by atoms with E-state index in [1.807, 2.05) is 24.3 Å². The summed E-state index contributed by atoms with van der Waals surface area (Å²) in [6.07, 6.45) is 2.13. The van der Waals surface area contributed by atoms with Crippen molar-refractivity contribution in [3.63, 3.8) is 0 Å². The van der Waals surface area contributed by atoms with Crippen LogP contribution in [0.3, 0.4) is 0 Å².